The first-order valence-electron chi connectivity index (χ1n) is 7.13. The van der Waals surface area contributed by atoms with Crippen molar-refractivity contribution in [3.63, 3.8) is 0 Å². The second-order valence-corrected chi connectivity index (χ2v) is 6.71. The van der Waals surface area contributed by atoms with Crippen LogP contribution in [0.15, 0.2) is 53.4 Å². The third-order valence-electron chi connectivity index (χ3n) is 3.26. The Morgan fingerprint density at radius 2 is 1.59 bits per heavy atom. The molecule has 2 rings (SSSR count). The van der Waals surface area contributed by atoms with Gasteiger partial charge in [-0.05, 0) is 41.8 Å². The van der Waals surface area contributed by atoms with Crippen molar-refractivity contribution in [1.29, 1.82) is 5.26 Å². The molecule has 0 aliphatic carbocycles. The van der Waals surface area contributed by atoms with Gasteiger partial charge in [-0.1, -0.05) is 37.6 Å². The second-order valence-electron chi connectivity index (χ2n) is 5.03. The highest BCUT2D eigenvalue weighted by atomic mass is 32.2. The van der Waals surface area contributed by atoms with Crippen LogP contribution in [0.5, 0.6) is 0 Å². The van der Waals surface area contributed by atoms with Crippen molar-refractivity contribution < 1.29 is 8.42 Å². The Labute approximate surface area is 131 Å². The molecule has 2 aromatic rings. The van der Waals surface area contributed by atoms with Crippen LogP contribution in [0.3, 0.4) is 0 Å². The molecule has 0 aromatic heterocycles. The van der Waals surface area contributed by atoms with Gasteiger partial charge in [0.1, 0.15) is 0 Å². The maximum atomic E-state index is 12.3. The van der Waals surface area contributed by atoms with E-state index in [1.807, 2.05) is 12.1 Å². The number of anilines is 1. The molecule has 22 heavy (non-hydrogen) atoms. The average molecular weight is 314 g/mol. The number of nitriles is 1. The monoisotopic (exact) mass is 314 g/mol. The van der Waals surface area contributed by atoms with Crippen molar-refractivity contribution in [2.24, 2.45) is 0 Å². The van der Waals surface area contributed by atoms with Crippen molar-refractivity contribution in [1.82, 2.24) is 0 Å². The maximum Gasteiger partial charge on any atom is 0.261 e. The number of nitrogens with zero attached hydrogens (tertiary/aromatic N) is 1. The summed E-state index contributed by atoms with van der Waals surface area (Å²) < 4.78 is 27.2. The molecule has 0 spiro atoms. The van der Waals surface area contributed by atoms with Gasteiger partial charge >= 0.3 is 0 Å². The Morgan fingerprint density at radius 3 is 2.14 bits per heavy atom. The first-order valence-corrected chi connectivity index (χ1v) is 8.61. The van der Waals surface area contributed by atoms with Crippen molar-refractivity contribution in [2.45, 2.75) is 31.1 Å². The van der Waals surface area contributed by atoms with Crippen LogP contribution in [0.1, 0.15) is 24.5 Å². The lowest BCUT2D eigenvalue weighted by molar-refractivity contribution is 0.601. The van der Waals surface area contributed by atoms with Crippen LogP contribution in [-0.2, 0) is 22.9 Å². The van der Waals surface area contributed by atoms with Crippen molar-refractivity contribution in [2.75, 3.05) is 4.72 Å². The normalized spacial score (nSPS) is 10.9. The van der Waals surface area contributed by atoms with Gasteiger partial charge < -0.3 is 0 Å². The Balaban J connectivity index is 2.14. The number of sulfonamides is 1. The van der Waals surface area contributed by atoms with Gasteiger partial charge in [0.2, 0.25) is 0 Å². The van der Waals surface area contributed by atoms with Crippen molar-refractivity contribution >= 4 is 15.7 Å². The summed E-state index contributed by atoms with van der Waals surface area (Å²) in [6.07, 6.45) is 2.28. The van der Waals surface area contributed by atoms with E-state index in [1.54, 1.807) is 36.4 Å². The summed E-state index contributed by atoms with van der Waals surface area (Å²) in [5, 5.41) is 8.62. The first kappa shape index (κ1) is 16.1. The van der Waals surface area contributed by atoms with E-state index in [4.69, 9.17) is 5.26 Å². The molecule has 0 saturated heterocycles. The standard InChI is InChI=1S/C17H18N2O2S/c1-2-3-14-6-10-17(11-7-14)22(20,21)19-16-8-4-15(5-9-16)12-13-18/h4-11,19H,2-3,12H2,1H3. The fraction of sp³-hybridized carbons (Fsp3) is 0.235. The number of hydrogen-bond donors (Lipinski definition) is 1. The van der Waals surface area contributed by atoms with Crippen LogP contribution in [0.25, 0.3) is 0 Å². The molecule has 0 amide bonds. The summed E-state index contributed by atoms with van der Waals surface area (Å²) in [6.45, 7) is 2.09. The Hall–Kier alpha value is -2.32. The number of nitrogens with one attached hydrogen (secondary N) is 1. The van der Waals surface area contributed by atoms with Gasteiger partial charge in [-0.15, -0.1) is 0 Å². The summed E-state index contributed by atoms with van der Waals surface area (Å²) in [7, 11) is -3.59. The molecule has 0 radical (unpaired) electrons. The first-order chi connectivity index (χ1) is 10.5. The summed E-state index contributed by atoms with van der Waals surface area (Å²) >= 11 is 0. The molecule has 0 bridgehead atoms. The molecular weight excluding hydrogens is 296 g/mol. The maximum absolute atomic E-state index is 12.3. The molecule has 114 valence electrons. The van der Waals surface area contributed by atoms with Crippen LogP contribution in [0.2, 0.25) is 0 Å². The Bertz CT molecular complexity index is 758. The lowest BCUT2D eigenvalue weighted by atomic mass is 10.1. The van der Waals surface area contributed by atoms with Crippen LogP contribution in [0.4, 0.5) is 5.69 Å². The van der Waals surface area contributed by atoms with Crippen LogP contribution in [-0.4, -0.2) is 8.42 Å². The average Bonchev–Trinajstić information content (AvgIpc) is 2.50. The largest absolute Gasteiger partial charge is 0.280 e. The summed E-state index contributed by atoms with van der Waals surface area (Å²) in [6, 6.07) is 15.8. The predicted molar refractivity (Wildman–Crippen MR) is 87.0 cm³/mol. The number of hydrogen-bond acceptors (Lipinski definition) is 3. The van der Waals surface area contributed by atoms with Gasteiger partial charge in [0.15, 0.2) is 0 Å². The van der Waals surface area contributed by atoms with Gasteiger partial charge in [0.25, 0.3) is 10.0 Å². The zero-order valence-corrected chi connectivity index (χ0v) is 13.2. The third kappa shape index (κ3) is 4.09. The highest BCUT2D eigenvalue weighted by Gasteiger charge is 2.13. The molecule has 0 aliphatic rings. The molecule has 0 aliphatic heterocycles. The van der Waals surface area contributed by atoms with Crippen LogP contribution < -0.4 is 4.72 Å². The van der Waals surface area contributed by atoms with E-state index in [2.05, 4.69) is 17.7 Å². The topological polar surface area (TPSA) is 70.0 Å². The molecule has 0 fully saturated rings. The fourth-order valence-corrected chi connectivity index (χ4v) is 3.18. The van der Waals surface area contributed by atoms with Gasteiger partial charge in [0, 0.05) is 5.69 Å². The number of benzene rings is 2. The van der Waals surface area contributed by atoms with E-state index < -0.39 is 10.0 Å². The summed E-state index contributed by atoms with van der Waals surface area (Å²) in [4.78, 5) is 0.244. The van der Waals surface area contributed by atoms with E-state index in [0.29, 0.717) is 12.1 Å². The predicted octanol–water partition coefficient (Wildman–Crippen LogP) is 3.51. The highest BCUT2D eigenvalue weighted by Crippen LogP contribution is 2.18. The number of aryl methyl sites for hydroxylation is 1. The molecule has 1 N–H and O–H groups in total. The third-order valence-corrected chi connectivity index (χ3v) is 4.66. The lowest BCUT2D eigenvalue weighted by Gasteiger charge is -2.09. The molecule has 4 nitrogen and oxygen atoms in total. The van der Waals surface area contributed by atoms with Gasteiger partial charge in [-0.25, -0.2) is 8.42 Å². The molecule has 0 saturated carbocycles. The number of rotatable bonds is 6. The summed E-state index contributed by atoms with van der Waals surface area (Å²) in [5.74, 6) is 0. The molecule has 5 heteroatoms. The fourth-order valence-electron chi connectivity index (χ4n) is 2.12. The quantitative estimate of drug-likeness (QED) is 0.887. The van der Waals surface area contributed by atoms with E-state index in [0.717, 1.165) is 24.0 Å². The molecule has 0 heterocycles. The minimum atomic E-state index is -3.59. The van der Waals surface area contributed by atoms with E-state index in [-0.39, 0.29) is 4.90 Å². The van der Waals surface area contributed by atoms with Gasteiger partial charge in [-0.2, -0.15) is 5.26 Å². The molecular formula is C17H18N2O2S. The highest BCUT2D eigenvalue weighted by molar-refractivity contribution is 7.92. The Kier molecular flexibility index (Phi) is 5.18. The van der Waals surface area contributed by atoms with E-state index >= 15 is 0 Å². The zero-order chi connectivity index (χ0) is 16.0. The molecule has 2 aromatic carbocycles. The van der Waals surface area contributed by atoms with E-state index in [9.17, 15) is 8.42 Å². The second kappa shape index (κ2) is 7.10. The molecule has 0 unspecified atom stereocenters. The lowest BCUT2D eigenvalue weighted by Crippen LogP contribution is -2.12. The van der Waals surface area contributed by atoms with Crippen molar-refractivity contribution in [3.8, 4) is 6.07 Å². The van der Waals surface area contributed by atoms with Crippen molar-refractivity contribution in [3.05, 3.63) is 59.7 Å². The zero-order valence-electron chi connectivity index (χ0n) is 12.4. The van der Waals surface area contributed by atoms with Gasteiger partial charge in [0.05, 0.1) is 17.4 Å². The minimum Gasteiger partial charge on any atom is -0.280 e. The minimum absolute atomic E-state index is 0.244. The van der Waals surface area contributed by atoms with Crippen LogP contribution >= 0.6 is 0 Å². The molecule has 0 atom stereocenters. The van der Waals surface area contributed by atoms with E-state index in [1.165, 1.54) is 0 Å². The SMILES string of the molecule is CCCc1ccc(S(=O)(=O)Nc2ccc(CC#N)cc2)cc1. The summed E-state index contributed by atoms with van der Waals surface area (Å²) in [5.41, 5.74) is 2.47. The van der Waals surface area contributed by atoms with Gasteiger partial charge in [-0.3, -0.25) is 4.72 Å². The van der Waals surface area contributed by atoms with Crippen LogP contribution in [0, 0.1) is 11.3 Å². The smallest absolute Gasteiger partial charge is 0.261 e. The Morgan fingerprint density at radius 1 is 1.00 bits per heavy atom.